The molecule has 0 fully saturated rings. The van der Waals surface area contributed by atoms with Crippen molar-refractivity contribution >= 4 is 17.7 Å². The number of carbonyl (C=O) groups is 3. The summed E-state index contributed by atoms with van der Waals surface area (Å²) in [6, 6.07) is 5.18. The van der Waals surface area contributed by atoms with E-state index in [1.54, 1.807) is 32.0 Å². The van der Waals surface area contributed by atoms with Gasteiger partial charge in [-0.1, -0.05) is 6.07 Å². The number of hydrogen-bond acceptors (Lipinski definition) is 8. The third-order valence-corrected chi connectivity index (χ3v) is 5.44. The van der Waals surface area contributed by atoms with Crippen LogP contribution in [0.1, 0.15) is 51.5 Å². The van der Waals surface area contributed by atoms with Gasteiger partial charge < -0.3 is 24.3 Å². The number of ether oxygens (including phenoxy) is 4. The summed E-state index contributed by atoms with van der Waals surface area (Å²) < 4.78 is 21.2. The summed E-state index contributed by atoms with van der Waals surface area (Å²) in [6.07, 6.45) is 1.94. The van der Waals surface area contributed by atoms with Crippen LogP contribution in [-0.2, 0) is 23.9 Å². The maximum Gasteiger partial charge on any atom is 0.344 e. The molecule has 2 aliphatic rings. The van der Waals surface area contributed by atoms with Gasteiger partial charge in [-0.05, 0) is 51.3 Å². The summed E-state index contributed by atoms with van der Waals surface area (Å²) in [7, 11) is 1.49. The zero-order valence-electron chi connectivity index (χ0n) is 18.9. The van der Waals surface area contributed by atoms with E-state index >= 15 is 0 Å². The molecule has 0 amide bonds. The number of Topliss-reactive ketones (excluding diaryl/α,β-unsaturated/α-hetero) is 1. The number of carbonyl (C=O) groups excluding carboxylic acids is 3. The molecule has 1 heterocycles. The second-order valence-electron chi connectivity index (χ2n) is 7.49. The quantitative estimate of drug-likeness (QED) is 0.612. The smallest absolute Gasteiger partial charge is 0.344 e. The Morgan fingerprint density at radius 2 is 1.84 bits per heavy atom. The van der Waals surface area contributed by atoms with Gasteiger partial charge in [0.15, 0.2) is 23.9 Å². The molecule has 0 unspecified atom stereocenters. The molecule has 1 atom stereocenters. The summed E-state index contributed by atoms with van der Waals surface area (Å²) in [5, 5.41) is 3.25. The second kappa shape index (κ2) is 10.3. The maximum absolute atomic E-state index is 12.9. The van der Waals surface area contributed by atoms with Gasteiger partial charge >= 0.3 is 11.9 Å². The van der Waals surface area contributed by atoms with Crippen molar-refractivity contribution in [3.05, 3.63) is 46.3 Å². The zero-order chi connectivity index (χ0) is 23.3. The zero-order valence-corrected chi connectivity index (χ0v) is 18.9. The molecule has 32 heavy (non-hydrogen) atoms. The predicted octanol–water partition coefficient (Wildman–Crippen LogP) is 3.17. The fraction of sp³-hybridized carbons (Fsp3) is 0.458. The molecule has 1 aliphatic heterocycles. The summed E-state index contributed by atoms with van der Waals surface area (Å²) in [4.78, 5) is 37.4. The molecule has 1 aromatic rings. The van der Waals surface area contributed by atoms with Crippen molar-refractivity contribution < 1.29 is 33.3 Å². The molecule has 0 saturated carbocycles. The van der Waals surface area contributed by atoms with Crippen LogP contribution in [0, 0.1) is 0 Å². The molecule has 1 N–H and O–H groups in total. The first kappa shape index (κ1) is 23.4. The van der Waals surface area contributed by atoms with Gasteiger partial charge in [0.2, 0.25) is 0 Å². The summed E-state index contributed by atoms with van der Waals surface area (Å²) in [5.41, 5.74) is 3.22. The second-order valence-corrected chi connectivity index (χ2v) is 7.49. The average Bonchev–Trinajstić information content (AvgIpc) is 2.77. The Hall–Kier alpha value is -3.29. The highest BCUT2D eigenvalue weighted by atomic mass is 16.6. The van der Waals surface area contributed by atoms with Gasteiger partial charge in [0, 0.05) is 29.3 Å². The van der Waals surface area contributed by atoms with Gasteiger partial charge in [-0.3, -0.25) is 4.79 Å². The van der Waals surface area contributed by atoms with Crippen LogP contribution in [-0.4, -0.2) is 44.7 Å². The lowest BCUT2D eigenvalue weighted by Gasteiger charge is -2.34. The predicted molar refractivity (Wildman–Crippen MR) is 116 cm³/mol. The van der Waals surface area contributed by atoms with Crippen molar-refractivity contribution in [2.45, 2.75) is 46.0 Å². The number of rotatable bonds is 8. The van der Waals surface area contributed by atoms with Crippen LogP contribution in [0.2, 0.25) is 0 Å². The topological polar surface area (TPSA) is 100 Å². The molecule has 172 valence electrons. The van der Waals surface area contributed by atoms with Crippen molar-refractivity contribution in [1.82, 2.24) is 5.32 Å². The fourth-order valence-electron chi connectivity index (χ4n) is 4.12. The lowest BCUT2D eigenvalue weighted by molar-refractivity contribution is -0.145. The minimum absolute atomic E-state index is 0.0136. The minimum Gasteiger partial charge on any atom is -0.493 e. The van der Waals surface area contributed by atoms with Gasteiger partial charge in [0.25, 0.3) is 0 Å². The standard InChI is InChI=1S/C24H29NO7/c1-5-30-20(27)13-32-18-11-10-15(12-19(18)29-4)22-21(24(28)31-6-2)14(3)25-16-8-7-9-17(26)23(16)22/h10-12,22,25H,5-9,13H2,1-4H3/t22-/m0/s1. The molecule has 3 rings (SSSR count). The first-order chi connectivity index (χ1) is 15.4. The Labute approximate surface area is 187 Å². The highest BCUT2D eigenvalue weighted by Crippen LogP contribution is 2.44. The number of nitrogens with one attached hydrogen (secondary N) is 1. The average molecular weight is 443 g/mol. The number of allylic oxidation sites excluding steroid dienone is 3. The molecule has 0 bridgehead atoms. The van der Waals surface area contributed by atoms with Crippen molar-refractivity contribution in [3.63, 3.8) is 0 Å². The van der Waals surface area contributed by atoms with E-state index in [0.717, 1.165) is 18.5 Å². The molecule has 0 radical (unpaired) electrons. The number of esters is 2. The van der Waals surface area contributed by atoms with Crippen LogP contribution in [0.15, 0.2) is 40.7 Å². The van der Waals surface area contributed by atoms with E-state index in [9.17, 15) is 14.4 Å². The molecule has 8 heteroatoms. The monoisotopic (exact) mass is 443 g/mol. The van der Waals surface area contributed by atoms with E-state index in [1.807, 2.05) is 6.92 Å². The van der Waals surface area contributed by atoms with Gasteiger partial charge in [-0.25, -0.2) is 9.59 Å². The highest BCUT2D eigenvalue weighted by Gasteiger charge is 2.39. The number of methoxy groups -OCH3 is 1. The summed E-state index contributed by atoms with van der Waals surface area (Å²) in [5.74, 6) is -0.764. The van der Waals surface area contributed by atoms with Crippen molar-refractivity contribution in [1.29, 1.82) is 0 Å². The van der Waals surface area contributed by atoms with Crippen LogP contribution in [0.4, 0.5) is 0 Å². The first-order valence-electron chi connectivity index (χ1n) is 10.8. The van der Waals surface area contributed by atoms with Gasteiger partial charge in [0.05, 0.1) is 25.9 Å². The SMILES string of the molecule is CCOC(=O)COc1ccc([C@H]2C(C(=O)OCC)=C(C)NC3=C2C(=O)CCC3)cc1OC. The number of benzene rings is 1. The van der Waals surface area contributed by atoms with E-state index in [4.69, 9.17) is 18.9 Å². The maximum atomic E-state index is 12.9. The Balaban J connectivity index is 2.03. The molecule has 8 nitrogen and oxygen atoms in total. The van der Waals surface area contributed by atoms with Crippen LogP contribution < -0.4 is 14.8 Å². The van der Waals surface area contributed by atoms with Crippen molar-refractivity contribution in [2.24, 2.45) is 0 Å². The van der Waals surface area contributed by atoms with Crippen LogP contribution >= 0.6 is 0 Å². The van der Waals surface area contributed by atoms with E-state index in [2.05, 4.69) is 5.32 Å². The normalized spacial score (nSPS) is 18.0. The van der Waals surface area contributed by atoms with Gasteiger partial charge in [0.1, 0.15) is 0 Å². The summed E-state index contributed by atoms with van der Waals surface area (Å²) in [6.45, 7) is 5.52. The third kappa shape index (κ3) is 4.79. The van der Waals surface area contributed by atoms with Gasteiger partial charge in [-0.2, -0.15) is 0 Å². The molecule has 0 spiro atoms. The van der Waals surface area contributed by atoms with Gasteiger partial charge in [-0.15, -0.1) is 0 Å². The fourth-order valence-corrected chi connectivity index (χ4v) is 4.12. The number of dihydropyridines is 1. The minimum atomic E-state index is -0.578. The Bertz CT molecular complexity index is 977. The van der Waals surface area contributed by atoms with E-state index in [0.29, 0.717) is 40.3 Å². The molecule has 0 saturated heterocycles. The molecule has 1 aromatic carbocycles. The van der Waals surface area contributed by atoms with Crippen molar-refractivity contribution in [3.8, 4) is 11.5 Å². The van der Waals surface area contributed by atoms with Crippen LogP contribution in [0.3, 0.4) is 0 Å². The lowest BCUT2D eigenvalue weighted by Crippen LogP contribution is -2.34. The van der Waals surface area contributed by atoms with Crippen LogP contribution in [0.5, 0.6) is 11.5 Å². The Kier molecular flexibility index (Phi) is 7.56. The molecule has 1 aliphatic carbocycles. The molecular weight excluding hydrogens is 414 g/mol. The van der Waals surface area contributed by atoms with Crippen molar-refractivity contribution in [2.75, 3.05) is 26.9 Å². The largest absolute Gasteiger partial charge is 0.493 e. The highest BCUT2D eigenvalue weighted by molar-refractivity contribution is 6.03. The molecular formula is C24H29NO7. The van der Waals surface area contributed by atoms with Crippen LogP contribution in [0.25, 0.3) is 0 Å². The van der Waals surface area contributed by atoms with E-state index in [-0.39, 0.29) is 25.6 Å². The summed E-state index contributed by atoms with van der Waals surface area (Å²) >= 11 is 0. The number of hydrogen-bond donors (Lipinski definition) is 1. The Morgan fingerprint density at radius 3 is 2.53 bits per heavy atom. The third-order valence-electron chi connectivity index (χ3n) is 5.44. The van der Waals surface area contributed by atoms with E-state index < -0.39 is 17.9 Å². The molecule has 0 aromatic heterocycles. The first-order valence-corrected chi connectivity index (χ1v) is 10.8. The Morgan fingerprint density at radius 1 is 1.09 bits per heavy atom. The lowest BCUT2D eigenvalue weighted by atomic mass is 9.75. The number of ketones is 1. The van der Waals surface area contributed by atoms with E-state index in [1.165, 1.54) is 7.11 Å².